The Morgan fingerprint density at radius 2 is 1.82 bits per heavy atom. The molecule has 3 aromatic heterocycles. The molecular weight excluding hydrogens is 658 g/mol. The Labute approximate surface area is 254 Å². The summed E-state index contributed by atoms with van der Waals surface area (Å²) in [6.07, 6.45) is 4.29. The van der Waals surface area contributed by atoms with Crippen molar-refractivity contribution in [1.82, 2.24) is 19.9 Å². The van der Waals surface area contributed by atoms with Gasteiger partial charge in [0.2, 0.25) is 0 Å². The fourth-order valence-electron chi connectivity index (χ4n) is 3.57. The Balaban J connectivity index is 0.00000205. The monoisotopic (exact) mass is 692 g/mol. The van der Waals surface area contributed by atoms with Crippen LogP contribution >= 0.6 is 51.5 Å². The van der Waals surface area contributed by atoms with E-state index in [-0.39, 0.29) is 0 Å². The van der Waals surface area contributed by atoms with Crippen molar-refractivity contribution >= 4 is 92.7 Å². The zero-order chi connectivity index (χ0) is 28.5. The van der Waals surface area contributed by atoms with Crippen LogP contribution in [-0.4, -0.2) is 39.5 Å². The molecule has 4 aromatic rings. The van der Waals surface area contributed by atoms with Crippen molar-refractivity contribution in [1.29, 1.82) is 0 Å². The molecule has 0 saturated carbocycles. The molecule has 12 heteroatoms. The largest absolute Gasteiger partial charge is 0.353 e. The van der Waals surface area contributed by atoms with Crippen LogP contribution in [0.2, 0.25) is 0 Å². The van der Waals surface area contributed by atoms with Gasteiger partial charge in [-0.3, -0.25) is 9.98 Å². The lowest BCUT2D eigenvalue weighted by molar-refractivity contribution is 1.04. The number of hydrogen-bond donors (Lipinski definition) is 2. The molecule has 0 fully saturated rings. The van der Waals surface area contributed by atoms with Gasteiger partial charge in [-0.25, -0.2) is 15.0 Å². The van der Waals surface area contributed by atoms with Crippen LogP contribution in [0, 0.1) is 20.8 Å². The fraction of sp³-hybridized carbons (Fsp3) is 0.296. The van der Waals surface area contributed by atoms with E-state index >= 15 is 0 Å². The average Bonchev–Trinajstić information content (AvgIpc) is 3.39. The van der Waals surface area contributed by atoms with Crippen LogP contribution in [0.1, 0.15) is 37.9 Å². The van der Waals surface area contributed by atoms with E-state index in [1.165, 1.54) is 0 Å². The minimum Gasteiger partial charge on any atom is -0.353 e. The number of anilines is 5. The number of halogens is 1. The summed E-state index contributed by atoms with van der Waals surface area (Å²) in [6.45, 7) is 16.7. The summed E-state index contributed by atoms with van der Waals surface area (Å²) in [4.78, 5) is 24.1. The van der Waals surface area contributed by atoms with Gasteiger partial charge in [0, 0.05) is 40.5 Å². The number of thiazole rings is 1. The first-order valence-electron chi connectivity index (χ1n) is 12.5. The van der Waals surface area contributed by atoms with Crippen LogP contribution in [0.5, 0.6) is 0 Å². The molecule has 4 rings (SSSR count). The number of benzene rings is 1. The molecule has 206 valence electrons. The molecule has 0 bridgehead atoms. The van der Waals surface area contributed by atoms with Crippen LogP contribution in [-0.2, 0) is 0 Å². The Bertz CT molecular complexity index is 1430. The molecule has 0 amide bonds. The van der Waals surface area contributed by atoms with Gasteiger partial charge in [0.25, 0.3) is 0 Å². The van der Waals surface area contributed by atoms with E-state index < -0.39 is 0 Å². The Morgan fingerprint density at radius 3 is 2.41 bits per heavy atom. The molecule has 8 nitrogen and oxygen atoms in total. The van der Waals surface area contributed by atoms with Gasteiger partial charge in [-0.2, -0.15) is 0 Å². The van der Waals surface area contributed by atoms with Crippen molar-refractivity contribution in [2.45, 2.75) is 46.4 Å². The van der Waals surface area contributed by atoms with Gasteiger partial charge >= 0.3 is 0 Å². The molecular formula is C27H34IN8PS2. The van der Waals surface area contributed by atoms with E-state index in [0.717, 1.165) is 56.3 Å². The summed E-state index contributed by atoms with van der Waals surface area (Å²) in [6, 6.07) is 8.29. The summed E-state index contributed by atoms with van der Waals surface area (Å²) < 4.78 is 2.18. The molecule has 1 unspecified atom stereocenters. The molecule has 2 N–H and O–H groups in total. The van der Waals surface area contributed by atoms with Crippen LogP contribution < -0.4 is 15.3 Å². The molecule has 0 spiro atoms. The number of hydrogen-bond acceptors (Lipinski definition) is 10. The van der Waals surface area contributed by atoms with Gasteiger partial charge in [0.1, 0.15) is 22.3 Å². The third kappa shape index (κ3) is 7.65. The van der Waals surface area contributed by atoms with Crippen molar-refractivity contribution in [3.63, 3.8) is 0 Å². The van der Waals surface area contributed by atoms with Crippen molar-refractivity contribution in [3.05, 3.63) is 52.9 Å². The summed E-state index contributed by atoms with van der Waals surface area (Å²) in [7, 11) is 0. The second kappa shape index (κ2) is 14.9. The van der Waals surface area contributed by atoms with Crippen LogP contribution in [0.3, 0.4) is 0 Å². The standard InChI is InChI=1S/C25H28IN8PS2.C2H6/c1-7-34(35-26)24-23(27-5)19(11-21(33-24)32-22-12-28-15(3)16(4)30-22)31-18-9-8-17(10-20(18)36-6)25-29-14(2)13-37-25;1-2/h8-13,35H,5,7H2,1-4,6H3,(H2,30,31,32,33);1-2H3. The lowest BCUT2D eigenvalue weighted by Crippen LogP contribution is -2.13. The number of rotatable bonds is 10. The molecule has 1 aromatic carbocycles. The highest BCUT2D eigenvalue weighted by molar-refractivity contribution is 14.2. The van der Waals surface area contributed by atoms with E-state index in [1.807, 2.05) is 40.7 Å². The third-order valence-electron chi connectivity index (χ3n) is 5.59. The first kappa shape index (κ1) is 31.2. The third-order valence-corrected chi connectivity index (χ3v) is 9.86. The predicted octanol–water partition coefficient (Wildman–Crippen LogP) is 9.26. The molecule has 0 aliphatic heterocycles. The number of nitrogens with zero attached hydrogens (tertiary/aromatic N) is 6. The molecule has 0 aliphatic carbocycles. The normalized spacial score (nSPS) is 10.8. The molecule has 0 radical (unpaired) electrons. The van der Waals surface area contributed by atoms with Gasteiger partial charge in [-0.15, -0.1) is 23.1 Å². The minimum absolute atomic E-state index is 0.492. The van der Waals surface area contributed by atoms with E-state index in [0.29, 0.717) is 23.7 Å². The van der Waals surface area contributed by atoms with Crippen LogP contribution in [0.25, 0.3) is 10.6 Å². The fourth-order valence-corrected chi connectivity index (χ4v) is 7.01. The lowest BCUT2D eigenvalue weighted by atomic mass is 10.2. The van der Waals surface area contributed by atoms with Gasteiger partial charge < -0.3 is 15.3 Å². The topological polar surface area (TPSA) is 91.2 Å². The van der Waals surface area contributed by atoms with Gasteiger partial charge in [0.15, 0.2) is 5.82 Å². The summed E-state index contributed by atoms with van der Waals surface area (Å²) in [5, 5.41) is 10.0. The highest BCUT2D eigenvalue weighted by Gasteiger charge is 2.19. The number of nitrogens with one attached hydrogen (secondary N) is 2. The van der Waals surface area contributed by atoms with Crippen molar-refractivity contribution < 1.29 is 0 Å². The highest BCUT2D eigenvalue weighted by atomic mass is 127. The molecule has 39 heavy (non-hydrogen) atoms. The second-order valence-electron chi connectivity index (χ2n) is 8.10. The van der Waals surface area contributed by atoms with E-state index in [2.05, 4.69) is 101 Å². The Hall–Kier alpha value is -2.34. The molecule has 0 aliphatic rings. The number of aryl methyl sites for hydroxylation is 3. The van der Waals surface area contributed by atoms with Crippen molar-refractivity contribution in [3.8, 4) is 10.6 Å². The van der Waals surface area contributed by atoms with Crippen LogP contribution in [0.4, 0.5) is 34.5 Å². The Morgan fingerprint density at radius 1 is 1.05 bits per heavy atom. The van der Waals surface area contributed by atoms with E-state index in [1.54, 1.807) is 29.3 Å². The minimum atomic E-state index is 0.492. The number of pyridine rings is 1. The lowest BCUT2D eigenvalue weighted by Gasteiger charge is -2.23. The summed E-state index contributed by atoms with van der Waals surface area (Å²) in [5.74, 6) is 2.05. The zero-order valence-corrected chi connectivity index (χ0v) is 28.0. The van der Waals surface area contributed by atoms with Gasteiger partial charge in [-0.1, -0.05) is 13.8 Å². The first-order valence-corrected chi connectivity index (χ1v) is 18.6. The predicted molar refractivity (Wildman–Crippen MR) is 182 cm³/mol. The van der Waals surface area contributed by atoms with Crippen molar-refractivity contribution in [2.75, 3.05) is 28.1 Å². The zero-order valence-electron chi connectivity index (χ0n) is 23.3. The van der Waals surface area contributed by atoms with E-state index in [4.69, 9.17) is 4.98 Å². The maximum absolute atomic E-state index is 4.90. The Kier molecular flexibility index (Phi) is 11.9. The number of aliphatic imine (C=N–C) groups is 1. The van der Waals surface area contributed by atoms with Crippen LogP contribution in [0.15, 0.2) is 45.7 Å². The number of aromatic nitrogens is 4. The smallest absolute Gasteiger partial charge is 0.162 e. The van der Waals surface area contributed by atoms with E-state index in [9.17, 15) is 0 Å². The maximum atomic E-state index is 4.90. The van der Waals surface area contributed by atoms with Crippen molar-refractivity contribution in [2.24, 2.45) is 4.99 Å². The SMILES string of the molecule is C=Nc1c(Nc2ccc(-c3nc(C)cs3)cc2SC)cc(Nc2cnc(C)c(C)n2)nc1N(CC)PI.CC. The molecule has 0 saturated heterocycles. The molecule has 1 atom stereocenters. The first-order chi connectivity index (χ1) is 18.9. The van der Waals surface area contributed by atoms with Gasteiger partial charge in [-0.05, 0) is 80.9 Å². The number of thioether (sulfide) groups is 1. The molecule has 3 heterocycles. The van der Waals surface area contributed by atoms with Gasteiger partial charge in [0.05, 0.1) is 29.0 Å². The summed E-state index contributed by atoms with van der Waals surface area (Å²) in [5.41, 5.74) is 6.39. The quantitative estimate of drug-likeness (QED) is 0.0736. The summed E-state index contributed by atoms with van der Waals surface area (Å²) >= 11 is 5.70. The average molecular weight is 693 g/mol. The maximum Gasteiger partial charge on any atom is 0.162 e. The highest BCUT2D eigenvalue weighted by Crippen LogP contribution is 2.44. The second-order valence-corrected chi connectivity index (χ2v) is 12.0.